The van der Waals surface area contributed by atoms with Gasteiger partial charge in [-0.25, -0.2) is 13.1 Å². The number of anilines is 1. The SMILES string of the molecule is Cc1c(N)cc(Cl)cc1S(=O)(=O)NC(C)Cn1cccn1. The van der Waals surface area contributed by atoms with Gasteiger partial charge in [0.25, 0.3) is 0 Å². The molecule has 1 aromatic heterocycles. The molecule has 114 valence electrons. The molecule has 0 spiro atoms. The molecule has 1 unspecified atom stereocenters. The zero-order valence-corrected chi connectivity index (χ0v) is 13.3. The van der Waals surface area contributed by atoms with E-state index in [1.807, 2.05) is 0 Å². The van der Waals surface area contributed by atoms with Gasteiger partial charge in [0.2, 0.25) is 10.0 Å². The van der Waals surface area contributed by atoms with Crippen molar-refractivity contribution in [2.45, 2.75) is 31.3 Å². The smallest absolute Gasteiger partial charge is 0.241 e. The number of hydrogen-bond acceptors (Lipinski definition) is 4. The third-order valence-corrected chi connectivity index (χ3v) is 4.96. The van der Waals surface area contributed by atoms with E-state index in [2.05, 4.69) is 9.82 Å². The fraction of sp³-hybridized carbons (Fsp3) is 0.308. The summed E-state index contributed by atoms with van der Waals surface area (Å²) in [6.07, 6.45) is 3.41. The van der Waals surface area contributed by atoms with Crippen molar-refractivity contribution in [3.8, 4) is 0 Å². The monoisotopic (exact) mass is 328 g/mol. The molecule has 0 aliphatic heterocycles. The molecular weight excluding hydrogens is 312 g/mol. The van der Waals surface area contributed by atoms with Crippen LogP contribution >= 0.6 is 11.6 Å². The molecule has 1 heterocycles. The Hall–Kier alpha value is -1.57. The van der Waals surface area contributed by atoms with E-state index >= 15 is 0 Å². The summed E-state index contributed by atoms with van der Waals surface area (Å²) < 4.78 is 29.1. The van der Waals surface area contributed by atoms with E-state index in [4.69, 9.17) is 17.3 Å². The molecule has 0 saturated carbocycles. The van der Waals surface area contributed by atoms with Crippen LogP contribution in [0.1, 0.15) is 12.5 Å². The number of nitrogens with one attached hydrogen (secondary N) is 1. The number of benzene rings is 1. The first-order chi connectivity index (χ1) is 9.79. The highest BCUT2D eigenvalue weighted by molar-refractivity contribution is 7.89. The van der Waals surface area contributed by atoms with Crippen LogP contribution in [0.4, 0.5) is 5.69 Å². The van der Waals surface area contributed by atoms with Crippen LogP contribution in [0.2, 0.25) is 5.02 Å². The van der Waals surface area contributed by atoms with Gasteiger partial charge in [0.1, 0.15) is 0 Å². The van der Waals surface area contributed by atoms with E-state index in [9.17, 15) is 8.42 Å². The Bertz CT molecular complexity index is 729. The molecule has 2 rings (SSSR count). The number of nitrogens with zero attached hydrogens (tertiary/aromatic N) is 2. The van der Waals surface area contributed by atoms with Crippen LogP contribution in [0.5, 0.6) is 0 Å². The van der Waals surface area contributed by atoms with Crippen LogP contribution in [-0.4, -0.2) is 24.2 Å². The maximum atomic E-state index is 12.4. The number of rotatable bonds is 5. The minimum Gasteiger partial charge on any atom is -0.398 e. The van der Waals surface area contributed by atoms with Crippen LogP contribution in [-0.2, 0) is 16.6 Å². The molecule has 1 aromatic carbocycles. The molecule has 0 amide bonds. The van der Waals surface area contributed by atoms with E-state index in [1.165, 1.54) is 12.1 Å². The number of aromatic nitrogens is 2. The fourth-order valence-electron chi connectivity index (χ4n) is 2.01. The average molecular weight is 329 g/mol. The minimum atomic E-state index is -3.69. The lowest BCUT2D eigenvalue weighted by atomic mass is 10.2. The first-order valence-corrected chi connectivity index (χ1v) is 8.21. The van der Waals surface area contributed by atoms with E-state index in [0.29, 0.717) is 22.8 Å². The predicted octanol–water partition coefficient (Wildman–Crippen LogP) is 1.79. The summed E-state index contributed by atoms with van der Waals surface area (Å²) in [7, 11) is -3.69. The Balaban J connectivity index is 2.22. The summed E-state index contributed by atoms with van der Waals surface area (Å²) in [5.41, 5.74) is 6.60. The second kappa shape index (κ2) is 6.05. The Labute approximate surface area is 129 Å². The first-order valence-electron chi connectivity index (χ1n) is 6.35. The van der Waals surface area contributed by atoms with Gasteiger partial charge in [-0.15, -0.1) is 0 Å². The summed E-state index contributed by atoms with van der Waals surface area (Å²) in [6.45, 7) is 3.85. The summed E-state index contributed by atoms with van der Waals surface area (Å²) in [4.78, 5) is 0.0971. The predicted molar refractivity (Wildman–Crippen MR) is 82.6 cm³/mol. The number of sulfonamides is 1. The molecule has 1 atom stereocenters. The zero-order chi connectivity index (χ0) is 15.6. The largest absolute Gasteiger partial charge is 0.398 e. The van der Waals surface area contributed by atoms with Gasteiger partial charge in [-0.1, -0.05) is 11.6 Å². The van der Waals surface area contributed by atoms with Gasteiger partial charge >= 0.3 is 0 Å². The Morgan fingerprint density at radius 3 is 2.81 bits per heavy atom. The van der Waals surface area contributed by atoms with Crippen molar-refractivity contribution >= 4 is 27.3 Å². The molecule has 0 aliphatic carbocycles. The van der Waals surface area contributed by atoms with E-state index in [-0.39, 0.29) is 10.9 Å². The van der Waals surface area contributed by atoms with Gasteiger partial charge in [0.15, 0.2) is 0 Å². The van der Waals surface area contributed by atoms with Crippen molar-refractivity contribution in [2.75, 3.05) is 5.73 Å². The topological polar surface area (TPSA) is 90.0 Å². The Morgan fingerprint density at radius 1 is 1.48 bits per heavy atom. The molecule has 0 bridgehead atoms. The fourth-order valence-corrected chi connectivity index (χ4v) is 3.83. The molecular formula is C13H17ClN4O2S. The molecule has 2 aromatic rings. The number of hydrogen-bond donors (Lipinski definition) is 2. The second-order valence-corrected chi connectivity index (χ2v) is 6.99. The lowest BCUT2D eigenvalue weighted by Gasteiger charge is -2.16. The number of halogens is 1. The quantitative estimate of drug-likeness (QED) is 0.819. The van der Waals surface area contributed by atoms with Crippen molar-refractivity contribution in [3.63, 3.8) is 0 Å². The number of nitrogens with two attached hydrogens (primary N) is 1. The molecule has 21 heavy (non-hydrogen) atoms. The molecule has 0 saturated heterocycles. The average Bonchev–Trinajstić information content (AvgIpc) is 2.85. The van der Waals surface area contributed by atoms with Crippen molar-refractivity contribution in [3.05, 3.63) is 41.2 Å². The minimum absolute atomic E-state index is 0.0971. The van der Waals surface area contributed by atoms with Gasteiger partial charge in [-0.2, -0.15) is 5.10 Å². The highest BCUT2D eigenvalue weighted by Gasteiger charge is 2.21. The van der Waals surface area contributed by atoms with Crippen molar-refractivity contribution in [2.24, 2.45) is 0 Å². The Morgan fingerprint density at radius 2 is 2.19 bits per heavy atom. The summed E-state index contributed by atoms with van der Waals surface area (Å²) >= 11 is 5.89. The maximum Gasteiger partial charge on any atom is 0.241 e. The van der Waals surface area contributed by atoms with Gasteiger partial charge in [-0.05, 0) is 37.6 Å². The molecule has 0 aliphatic rings. The van der Waals surface area contributed by atoms with E-state index < -0.39 is 10.0 Å². The molecule has 0 fully saturated rings. The van der Waals surface area contributed by atoms with E-state index in [1.54, 1.807) is 37.0 Å². The lowest BCUT2D eigenvalue weighted by Crippen LogP contribution is -2.36. The van der Waals surface area contributed by atoms with Crippen LogP contribution < -0.4 is 10.5 Å². The van der Waals surface area contributed by atoms with Gasteiger partial charge in [-0.3, -0.25) is 4.68 Å². The third kappa shape index (κ3) is 3.75. The molecule has 0 radical (unpaired) electrons. The lowest BCUT2D eigenvalue weighted by molar-refractivity contribution is 0.493. The maximum absolute atomic E-state index is 12.4. The summed E-state index contributed by atoms with van der Waals surface area (Å²) in [6, 6.07) is 4.39. The van der Waals surface area contributed by atoms with Gasteiger partial charge in [0.05, 0.1) is 11.4 Å². The number of nitrogen functional groups attached to an aromatic ring is 1. The third-order valence-electron chi connectivity index (χ3n) is 3.03. The summed E-state index contributed by atoms with van der Waals surface area (Å²) in [5.74, 6) is 0. The van der Waals surface area contributed by atoms with Crippen molar-refractivity contribution in [1.82, 2.24) is 14.5 Å². The van der Waals surface area contributed by atoms with Crippen LogP contribution in [0, 0.1) is 6.92 Å². The van der Waals surface area contributed by atoms with Crippen LogP contribution in [0.15, 0.2) is 35.5 Å². The molecule has 3 N–H and O–H groups in total. The van der Waals surface area contributed by atoms with Crippen LogP contribution in [0.25, 0.3) is 0 Å². The highest BCUT2D eigenvalue weighted by atomic mass is 35.5. The van der Waals surface area contributed by atoms with Crippen LogP contribution in [0.3, 0.4) is 0 Å². The van der Waals surface area contributed by atoms with Crippen molar-refractivity contribution < 1.29 is 8.42 Å². The normalized spacial score (nSPS) is 13.3. The van der Waals surface area contributed by atoms with Crippen molar-refractivity contribution in [1.29, 1.82) is 0 Å². The van der Waals surface area contributed by atoms with Gasteiger partial charge < -0.3 is 5.73 Å². The molecule has 8 heteroatoms. The Kier molecular flexibility index (Phi) is 4.55. The first kappa shape index (κ1) is 15.8. The molecule has 6 nitrogen and oxygen atoms in total. The standard InChI is InChI=1S/C13H17ClN4O2S/c1-9(8-18-5-3-4-16-18)17-21(19,20)13-7-11(14)6-12(15)10(13)2/h3-7,9,17H,8,15H2,1-2H3. The summed E-state index contributed by atoms with van der Waals surface area (Å²) in [5, 5.41) is 4.34. The second-order valence-electron chi connectivity index (χ2n) is 4.87. The van der Waals surface area contributed by atoms with E-state index in [0.717, 1.165) is 0 Å². The zero-order valence-electron chi connectivity index (χ0n) is 11.7. The highest BCUT2D eigenvalue weighted by Crippen LogP contribution is 2.26. The van der Waals surface area contributed by atoms with Gasteiger partial charge in [0, 0.05) is 29.1 Å².